The Kier molecular flexibility index (Phi) is 11.1. The minimum absolute atomic E-state index is 0. The number of carboxylic acid groups (broad SMARTS) is 2. The summed E-state index contributed by atoms with van der Waals surface area (Å²) >= 11 is 0. The molecule has 0 aliphatic rings. The van der Waals surface area contributed by atoms with Crippen molar-refractivity contribution in [2.75, 3.05) is 6.61 Å². The van der Waals surface area contributed by atoms with Gasteiger partial charge in [-0.15, -0.1) is 0 Å². The molecule has 3 aromatic carbocycles. The molecule has 0 saturated carbocycles. The zero-order valence-corrected chi connectivity index (χ0v) is 23.4. The quantitative estimate of drug-likeness (QED) is 0.144. The molecule has 0 atom stereocenters. The number of carbonyl (C=O) groups is 2. The van der Waals surface area contributed by atoms with Gasteiger partial charge < -0.3 is 29.5 Å². The van der Waals surface area contributed by atoms with E-state index >= 15 is 0 Å². The van der Waals surface area contributed by atoms with E-state index in [2.05, 4.69) is 16.0 Å². The summed E-state index contributed by atoms with van der Waals surface area (Å²) in [4.78, 5) is 29.5. The van der Waals surface area contributed by atoms with Crippen molar-refractivity contribution in [2.45, 2.75) is 25.7 Å². The maximum atomic E-state index is 10.7. The Labute approximate surface area is 241 Å². The first kappa shape index (κ1) is 28.4. The van der Waals surface area contributed by atoms with Crippen LogP contribution in [0.25, 0.3) is 33.2 Å². The van der Waals surface area contributed by atoms with Gasteiger partial charge in [0.15, 0.2) is 0 Å². The summed E-state index contributed by atoms with van der Waals surface area (Å²) in [6, 6.07) is 19.9. The van der Waals surface area contributed by atoms with Crippen molar-refractivity contribution >= 4 is 33.7 Å². The number of aliphatic carboxylic acids is 2. The summed E-state index contributed by atoms with van der Waals surface area (Å²) in [6.45, 7) is 0.462. The number of imidazole rings is 1. The van der Waals surface area contributed by atoms with E-state index in [9.17, 15) is 19.8 Å². The van der Waals surface area contributed by atoms with Gasteiger partial charge in [0, 0.05) is 11.5 Å². The fourth-order valence-corrected chi connectivity index (χ4v) is 3.70. The monoisotopic (exact) mass is 476 g/mol. The number of H-pyrrole nitrogens is 1. The molecule has 0 spiro atoms. The van der Waals surface area contributed by atoms with Crippen LogP contribution in [0, 0.1) is 5.92 Å². The van der Waals surface area contributed by atoms with Gasteiger partial charge in [0.05, 0.1) is 29.6 Å². The van der Waals surface area contributed by atoms with Crippen molar-refractivity contribution in [3.8, 4) is 17.1 Å². The predicted molar refractivity (Wildman–Crippen MR) is 117 cm³/mol. The first-order chi connectivity index (χ1) is 15.5. The zero-order valence-electron chi connectivity index (χ0n) is 19.4. The third-order valence-electron chi connectivity index (χ3n) is 5.45. The molecule has 0 fully saturated rings. The number of aromatic amines is 1. The van der Waals surface area contributed by atoms with E-state index in [1.54, 1.807) is 0 Å². The molecule has 0 amide bonds. The standard InChI is InChI=1S/C25H24N2O5.2Na/c28-24(29)20(25(30)31)6-2-1-5-13-32-19-12-11-16-14-18(10-9-17(16)15-19)23-26-21-7-3-4-8-22(21)27-23;;/h3-4,7-12,14-15,20H,1-2,5-6,13H2,(H,26,27)(H,28,29)(H,30,31);;/q;2*+1/p-2. The van der Waals surface area contributed by atoms with E-state index in [0.717, 1.165) is 38.9 Å². The summed E-state index contributed by atoms with van der Waals surface area (Å²) in [7, 11) is 0. The molecule has 164 valence electrons. The maximum Gasteiger partial charge on any atom is 1.00 e. The van der Waals surface area contributed by atoms with Crippen LogP contribution in [0.15, 0.2) is 60.7 Å². The molecule has 4 aromatic rings. The number of hydrogen-bond acceptors (Lipinski definition) is 6. The number of carbonyl (C=O) groups excluding carboxylic acids is 2. The van der Waals surface area contributed by atoms with Crippen LogP contribution < -0.4 is 74.1 Å². The van der Waals surface area contributed by atoms with Crippen LogP contribution >= 0.6 is 0 Å². The summed E-state index contributed by atoms with van der Waals surface area (Å²) < 4.78 is 5.79. The minimum atomic E-state index is -1.60. The number of carboxylic acids is 2. The Morgan fingerprint density at radius 1 is 0.882 bits per heavy atom. The van der Waals surface area contributed by atoms with Crippen molar-refractivity contribution in [3.05, 3.63) is 60.7 Å². The van der Waals surface area contributed by atoms with Crippen molar-refractivity contribution in [3.63, 3.8) is 0 Å². The van der Waals surface area contributed by atoms with E-state index < -0.39 is 17.9 Å². The van der Waals surface area contributed by atoms with E-state index in [1.165, 1.54) is 0 Å². The molecule has 34 heavy (non-hydrogen) atoms. The topological polar surface area (TPSA) is 118 Å². The average molecular weight is 476 g/mol. The van der Waals surface area contributed by atoms with Crippen LogP contribution in [0.5, 0.6) is 5.75 Å². The average Bonchev–Trinajstić information content (AvgIpc) is 3.22. The Balaban J connectivity index is 0.00000204. The second kappa shape index (κ2) is 13.3. The maximum absolute atomic E-state index is 10.7. The zero-order chi connectivity index (χ0) is 22.5. The summed E-state index contributed by atoms with van der Waals surface area (Å²) in [6.07, 6.45) is 1.81. The van der Waals surface area contributed by atoms with Gasteiger partial charge in [-0.25, -0.2) is 4.98 Å². The number of para-hydroxylation sites is 2. The molecule has 1 aromatic heterocycles. The van der Waals surface area contributed by atoms with Gasteiger partial charge >= 0.3 is 59.1 Å². The van der Waals surface area contributed by atoms with Gasteiger partial charge in [-0.1, -0.05) is 43.2 Å². The Hall–Kier alpha value is -1.87. The summed E-state index contributed by atoms with van der Waals surface area (Å²) in [5.41, 5.74) is 2.94. The van der Waals surface area contributed by atoms with Crippen molar-refractivity contribution in [2.24, 2.45) is 5.92 Å². The van der Waals surface area contributed by atoms with E-state index in [0.29, 0.717) is 25.9 Å². The molecular weight excluding hydrogens is 454 g/mol. The number of nitrogens with one attached hydrogen (secondary N) is 1. The van der Waals surface area contributed by atoms with E-state index in [4.69, 9.17) is 4.74 Å². The third-order valence-corrected chi connectivity index (χ3v) is 5.45. The van der Waals surface area contributed by atoms with Crippen LogP contribution in [0.4, 0.5) is 0 Å². The minimum Gasteiger partial charge on any atom is -0.549 e. The summed E-state index contributed by atoms with van der Waals surface area (Å²) in [5.74, 6) is -3.17. The molecule has 7 nitrogen and oxygen atoms in total. The van der Waals surface area contributed by atoms with Crippen LogP contribution in [0.1, 0.15) is 25.7 Å². The van der Waals surface area contributed by atoms with Crippen molar-refractivity contribution in [1.29, 1.82) is 0 Å². The van der Waals surface area contributed by atoms with Crippen molar-refractivity contribution < 1.29 is 83.7 Å². The molecule has 0 aliphatic heterocycles. The van der Waals surface area contributed by atoms with Crippen LogP contribution in [0.2, 0.25) is 0 Å². The molecule has 1 heterocycles. The molecule has 0 radical (unpaired) electrons. The summed E-state index contributed by atoms with van der Waals surface area (Å²) in [5, 5.41) is 23.6. The molecule has 0 aliphatic carbocycles. The van der Waals surface area contributed by atoms with E-state index in [1.807, 2.05) is 54.6 Å². The molecule has 4 rings (SSSR count). The van der Waals surface area contributed by atoms with Crippen LogP contribution in [-0.4, -0.2) is 28.5 Å². The first-order valence-corrected chi connectivity index (χ1v) is 10.5. The predicted octanol–water partition coefficient (Wildman–Crippen LogP) is -3.55. The number of fused-ring (bicyclic) bond motifs is 2. The number of hydrogen-bond donors (Lipinski definition) is 1. The third kappa shape index (κ3) is 7.07. The van der Waals surface area contributed by atoms with E-state index in [-0.39, 0.29) is 65.5 Å². The Morgan fingerprint density at radius 3 is 2.32 bits per heavy atom. The van der Waals surface area contributed by atoms with Gasteiger partial charge in [-0.05, 0) is 53.9 Å². The van der Waals surface area contributed by atoms with Gasteiger partial charge in [0.1, 0.15) is 11.6 Å². The second-order valence-corrected chi connectivity index (χ2v) is 7.71. The molecular formula is C25H22N2Na2O5. The first-order valence-electron chi connectivity index (χ1n) is 10.5. The van der Waals surface area contributed by atoms with Crippen molar-refractivity contribution in [1.82, 2.24) is 9.97 Å². The molecule has 1 N–H and O–H groups in total. The largest absolute Gasteiger partial charge is 1.00 e. The number of benzene rings is 3. The van der Waals surface area contributed by atoms with Gasteiger partial charge in [-0.2, -0.15) is 0 Å². The number of rotatable bonds is 10. The number of aromatic nitrogens is 2. The number of nitrogens with zero attached hydrogens (tertiary/aromatic N) is 1. The fourth-order valence-electron chi connectivity index (χ4n) is 3.70. The van der Waals surface area contributed by atoms with Crippen LogP contribution in [0.3, 0.4) is 0 Å². The smallest absolute Gasteiger partial charge is 0.549 e. The van der Waals surface area contributed by atoms with Gasteiger partial charge in [0.2, 0.25) is 0 Å². The van der Waals surface area contributed by atoms with Gasteiger partial charge in [0.25, 0.3) is 0 Å². The second-order valence-electron chi connectivity index (χ2n) is 7.71. The molecule has 9 heteroatoms. The number of unbranched alkanes of at least 4 members (excludes halogenated alkanes) is 2. The Bertz CT molecular complexity index is 1230. The molecule has 0 bridgehead atoms. The SMILES string of the molecule is O=C([O-])C(CCCCCOc1ccc2cc(-c3nc4ccccc4[nH]3)ccc2c1)C(=O)[O-].[Na+].[Na+]. The molecule has 0 saturated heterocycles. The Morgan fingerprint density at radius 2 is 1.59 bits per heavy atom. The fraction of sp³-hybridized carbons (Fsp3) is 0.240. The van der Waals surface area contributed by atoms with Gasteiger partial charge in [-0.3, -0.25) is 0 Å². The normalized spacial score (nSPS) is 10.6. The molecule has 0 unspecified atom stereocenters. The van der Waals surface area contributed by atoms with Crippen LogP contribution in [-0.2, 0) is 9.59 Å². The number of ether oxygens (including phenoxy) is 1.